The molecule has 0 fully saturated rings. The summed E-state index contributed by atoms with van der Waals surface area (Å²) in [5.74, 6) is 0.269. The number of aromatic nitrogens is 2. The van der Waals surface area contributed by atoms with Crippen molar-refractivity contribution in [1.29, 1.82) is 0 Å². The third kappa shape index (κ3) is 5.53. The molecule has 1 aromatic heterocycles. The topological polar surface area (TPSA) is 55.2 Å². The molecule has 7 heteroatoms. The number of hydrogen-bond donors (Lipinski definition) is 0. The van der Waals surface area contributed by atoms with Crippen LogP contribution in [0.4, 0.5) is 0 Å². The van der Waals surface area contributed by atoms with E-state index in [-0.39, 0.29) is 11.5 Å². The van der Waals surface area contributed by atoms with Crippen molar-refractivity contribution in [2.24, 2.45) is 0 Å². The third-order valence-corrected chi connectivity index (χ3v) is 7.91. The highest BCUT2D eigenvalue weighted by Crippen LogP contribution is 2.28. The maximum absolute atomic E-state index is 14.1. The average molecular weight is 571 g/mol. The Hall–Kier alpha value is -3.93. The second-order valence-corrected chi connectivity index (χ2v) is 10.5. The molecule has 0 saturated heterocycles. The van der Waals surface area contributed by atoms with Gasteiger partial charge < -0.3 is 4.90 Å². The van der Waals surface area contributed by atoms with Gasteiger partial charge in [0.2, 0.25) is 0 Å². The van der Waals surface area contributed by atoms with Gasteiger partial charge in [-0.15, -0.1) is 0 Å². The van der Waals surface area contributed by atoms with E-state index < -0.39 is 6.04 Å². The predicted molar refractivity (Wildman–Crippen MR) is 163 cm³/mol. The van der Waals surface area contributed by atoms with Crippen molar-refractivity contribution >= 4 is 40.0 Å². The second-order valence-electron chi connectivity index (χ2n) is 9.65. The Bertz CT molecular complexity index is 1730. The first-order chi connectivity index (χ1) is 19.4. The number of para-hydroxylation sites is 2. The summed E-state index contributed by atoms with van der Waals surface area (Å²) in [6.45, 7) is 4.38. The first kappa shape index (κ1) is 27.6. The molecular formula is C33H29Cl2N3O2. The van der Waals surface area contributed by atoms with Crippen LogP contribution in [-0.2, 0) is 12.8 Å². The fourth-order valence-corrected chi connectivity index (χ4v) is 5.29. The molecule has 1 atom stereocenters. The van der Waals surface area contributed by atoms with Crippen LogP contribution in [0.15, 0.2) is 102 Å². The van der Waals surface area contributed by atoms with Gasteiger partial charge in [-0.1, -0.05) is 90.8 Å². The molecule has 0 N–H and O–H groups in total. The number of nitrogens with zero attached hydrogens (tertiary/aromatic N) is 3. The quantitative estimate of drug-likeness (QED) is 0.192. The molecule has 0 saturated carbocycles. The van der Waals surface area contributed by atoms with Gasteiger partial charge in [0.05, 0.1) is 32.7 Å². The molecule has 1 unspecified atom stereocenters. The Balaban J connectivity index is 1.68. The van der Waals surface area contributed by atoms with Crippen molar-refractivity contribution in [2.45, 2.75) is 32.7 Å². The van der Waals surface area contributed by atoms with Crippen LogP contribution in [0.2, 0.25) is 10.0 Å². The molecule has 0 aliphatic heterocycles. The number of aryl methyl sites for hydroxylation is 1. The van der Waals surface area contributed by atoms with E-state index in [1.54, 1.807) is 33.7 Å². The van der Waals surface area contributed by atoms with Crippen LogP contribution in [0.1, 0.15) is 47.2 Å². The van der Waals surface area contributed by atoms with Crippen LogP contribution < -0.4 is 5.56 Å². The summed E-state index contributed by atoms with van der Waals surface area (Å²) in [6, 6.07) is 29.5. The predicted octanol–water partition coefficient (Wildman–Crippen LogP) is 7.70. The number of carbonyl (C=O) groups is 1. The minimum absolute atomic E-state index is 0.168. The summed E-state index contributed by atoms with van der Waals surface area (Å²) in [5.41, 5.74) is 3.71. The monoisotopic (exact) mass is 569 g/mol. The fourth-order valence-electron chi connectivity index (χ4n) is 4.99. The van der Waals surface area contributed by atoms with E-state index in [2.05, 4.69) is 6.92 Å². The van der Waals surface area contributed by atoms with E-state index in [0.29, 0.717) is 45.3 Å². The van der Waals surface area contributed by atoms with Gasteiger partial charge in [0.15, 0.2) is 0 Å². The number of carbonyl (C=O) groups excluding carboxylic acids is 1. The number of hydrogen-bond acceptors (Lipinski definition) is 3. The standard InChI is InChI=1S/C33H29Cl2N3O2/c1-3-24-13-7-10-16-30(24)38-31(36-29-15-9-8-14-26(29)33(38)40)22(2)37(20-19-23-11-5-4-6-12-23)32(39)25-17-18-27(34)28(35)21-25/h4-18,21-22H,3,19-20H2,1-2H3. The van der Waals surface area contributed by atoms with Crippen LogP contribution >= 0.6 is 23.2 Å². The first-order valence-corrected chi connectivity index (χ1v) is 14.0. The molecule has 0 spiro atoms. The van der Waals surface area contributed by atoms with Crippen molar-refractivity contribution in [3.63, 3.8) is 0 Å². The van der Waals surface area contributed by atoms with Gasteiger partial charge in [0, 0.05) is 12.1 Å². The molecule has 4 aromatic carbocycles. The zero-order chi connectivity index (χ0) is 28.2. The van der Waals surface area contributed by atoms with Gasteiger partial charge in [-0.05, 0) is 67.3 Å². The normalized spacial score (nSPS) is 11.9. The lowest BCUT2D eigenvalue weighted by molar-refractivity contribution is 0.0683. The Labute approximate surface area is 243 Å². The van der Waals surface area contributed by atoms with E-state index >= 15 is 0 Å². The molecule has 0 aliphatic carbocycles. The Morgan fingerprint density at radius 1 is 0.900 bits per heavy atom. The Morgan fingerprint density at radius 2 is 1.60 bits per heavy atom. The smallest absolute Gasteiger partial charge is 0.266 e. The van der Waals surface area contributed by atoms with Crippen molar-refractivity contribution in [2.75, 3.05) is 6.54 Å². The number of rotatable bonds is 8. The molecule has 202 valence electrons. The van der Waals surface area contributed by atoms with Gasteiger partial charge in [-0.2, -0.15) is 0 Å². The number of fused-ring (bicyclic) bond motifs is 1. The van der Waals surface area contributed by atoms with E-state index in [4.69, 9.17) is 28.2 Å². The largest absolute Gasteiger partial charge is 0.328 e. The third-order valence-electron chi connectivity index (χ3n) is 7.17. The lowest BCUT2D eigenvalue weighted by atomic mass is 10.1. The molecule has 1 heterocycles. The fraction of sp³-hybridized carbons (Fsp3) is 0.182. The van der Waals surface area contributed by atoms with Gasteiger partial charge in [-0.25, -0.2) is 4.98 Å². The summed E-state index contributed by atoms with van der Waals surface area (Å²) in [5, 5.41) is 1.21. The molecule has 1 amide bonds. The van der Waals surface area contributed by atoms with Crippen LogP contribution in [-0.4, -0.2) is 26.9 Å². The van der Waals surface area contributed by atoms with Crippen molar-refractivity contribution in [3.8, 4) is 5.69 Å². The first-order valence-electron chi connectivity index (χ1n) is 13.3. The Kier molecular flexibility index (Phi) is 8.34. The summed E-state index contributed by atoms with van der Waals surface area (Å²) in [7, 11) is 0. The number of amides is 1. The molecule has 0 aliphatic rings. The summed E-state index contributed by atoms with van der Waals surface area (Å²) >= 11 is 12.4. The molecule has 0 bridgehead atoms. The molecular weight excluding hydrogens is 541 g/mol. The highest BCUT2D eigenvalue weighted by Gasteiger charge is 2.28. The number of halogens is 2. The maximum atomic E-state index is 14.1. The number of benzene rings is 4. The minimum Gasteiger partial charge on any atom is -0.328 e. The molecule has 5 aromatic rings. The lowest BCUT2D eigenvalue weighted by Crippen LogP contribution is -2.39. The Morgan fingerprint density at radius 3 is 2.35 bits per heavy atom. The highest BCUT2D eigenvalue weighted by atomic mass is 35.5. The van der Waals surface area contributed by atoms with Crippen LogP contribution in [0.5, 0.6) is 0 Å². The summed E-state index contributed by atoms with van der Waals surface area (Å²) in [4.78, 5) is 34.9. The zero-order valence-corrected chi connectivity index (χ0v) is 23.9. The highest BCUT2D eigenvalue weighted by molar-refractivity contribution is 6.42. The van der Waals surface area contributed by atoms with Gasteiger partial charge in [-0.3, -0.25) is 14.2 Å². The van der Waals surface area contributed by atoms with E-state index in [1.807, 2.05) is 79.7 Å². The van der Waals surface area contributed by atoms with E-state index in [9.17, 15) is 9.59 Å². The molecule has 40 heavy (non-hydrogen) atoms. The van der Waals surface area contributed by atoms with Crippen LogP contribution in [0.3, 0.4) is 0 Å². The minimum atomic E-state index is -0.548. The van der Waals surface area contributed by atoms with Gasteiger partial charge >= 0.3 is 0 Å². The summed E-state index contributed by atoms with van der Waals surface area (Å²) in [6.07, 6.45) is 1.37. The molecule has 0 radical (unpaired) electrons. The molecule has 5 rings (SSSR count). The summed E-state index contributed by atoms with van der Waals surface area (Å²) < 4.78 is 1.67. The van der Waals surface area contributed by atoms with Crippen LogP contribution in [0.25, 0.3) is 16.6 Å². The second kappa shape index (κ2) is 12.1. The van der Waals surface area contributed by atoms with E-state index in [1.165, 1.54) is 0 Å². The molecule has 5 nitrogen and oxygen atoms in total. The SMILES string of the molecule is CCc1ccccc1-n1c(C(C)N(CCc2ccccc2)C(=O)c2ccc(Cl)c(Cl)c2)nc2ccccc2c1=O. The van der Waals surface area contributed by atoms with Crippen molar-refractivity contribution < 1.29 is 4.79 Å². The average Bonchev–Trinajstić information content (AvgIpc) is 2.99. The van der Waals surface area contributed by atoms with Crippen molar-refractivity contribution in [3.05, 3.63) is 140 Å². The van der Waals surface area contributed by atoms with Crippen molar-refractivity contribution in [1.82, 2.24) is 14.5 Å². The van der Waals surface area contributed by atoms with Gasteiger partial charge in [0.1, 0.15) is 5.82 Å². The zero-order valence-electron chi connectivity index (χ0n) is 22.4. The van der Waals surface area contributed by atoms with Crippen LogP contribution in [0, 0.1) is 0 Å². The lowest BCUT2D eigenvalue weighted by Gasteiger charge is -2.31. The maximum Gasteiger partial charge on any atom is 0.266 e. The van der Waals surface area contributed by atoms with Gasteiger partial charge in [0.25, 0.3) is 11.5 Å². The van der Waals surface area contributed by atoms with E-state index in [0.717, 1.165) is 23.2 Å².